The van der Waals surface area contributed by atoms with Crippen molar-refractivity contribution in [3.63, 3.8) is 0 Å². The van der Waals surface area contributed by atoms with Gasteiger partial charge in [0.25, 0.3) is 0 Å². The summed E-state index contributed by atoms with van der Waals surface area (Å²) in [7, 11) is 0. The number of rotatable bonds is 7. The van der Waals surface area contributed by atoms with Crippen LogP contribution in [0.1, 0.15) is 32.5 Å². The van der Waals surface area contributed by atoms with Crippen molar-refractivity contribution >= 4 is 17.4 Å². The first-order valence-electron chi connectivity index (χ1n) is 10.5. The molecule has 0 N–H and O–H groups in total. The second-order valence-corrected chi connectivity index (χ2v) is 7.94. The Balaban J connectivity index is 1.33. The number of benzene rings is 1. The molecule has 0 unspecified atom stereocenters. The van der Waals surface area contributed by atoms with Gasteiger partial charge in [0.1, 0.15) is 17.3 Å². The molecule has 1 aliphatic heterocycles. The highest BCUT2D eigenvalue weighted by Crippen LogP contribution is 2.37. The van der Waals surface area contributed by atoms with Crippen molar-refractivity contribution < 1.29 is 18.3 Å². The number of hydrogen-bond donors (Lipinski definition) is 0. The predicted octanol–water partition coefficient (Wildman–Crippen LogP) is 3.60. The van der Waals surface area contributed by atoms with Crippen LogP contribution in [0.3, 0.4) is 0 Å². The Labute approximate surface area is 174 Å². The second kappa shape index (κ2) is 8.53. The third-order valence-corrected chi connectivity index (χ3v) is 5.90. The van der Waals surface area contributed by atoms with Crippen LogP contribution in [0, 0.1) is 23.5 Å². The van der Waals surface area contributed by atoms with E-state index >= 15 is 0 Å². The van der Waals surface area contributed by atoms with Crippen molar-refractivity contribution in [2.24, 2.45) is 11.8 Å². The molecule has 2 aromatic rings. The van der Waals surface area contributed by atoms with Gasteiger partial charge in [-0.25, -0.2) is 18.7 Å². The Hall–Kier alpha value is -2.77. The van der Waals surface area contributed by atoms with Gasteiger partial charge >= 0.3 is 0 Å². The van der Waals surface area contributed by atoms with Crippen LogP contribution in [-0.4, -0.2) is 42.1 Å². The predicted molar refractivity (Wildman–Crippen MR) is 110 cm³/mol. The second-order valence-electron chi connectivity index (χ2n) is 7.94. The van der Waals surface area contributed by atoms with E-state index in [0.29, 0.717) is 37.3 Å². The van der Waals surface area contributed by atoms with Gasteiger partial charge in [0.05, 0.1) is 19.3 Å². The number of likely N-dealkylation sites (N-methyl/N-ethyl adjacent to an activating group) is 2. The van der Waals surface area contributed by atoms with Gasteiger partial charge in [-0.3, -0.25) is 4.79 Å². The van der Waals surface area contributed by atoms with Crippen LogP contribution in [0.4, 0.5) is 20.3 Å². The van der Waals surface area contributed by atoms with E-state index in [-0.39, 0.29) is 5.91 Å². The summed E-state index contributed by atoms with van der Waals surface area (Å²) in [5, 5.41) is 0. The van der Waals surface area contributed by atoms with Crippen LogP contribution >= 0.6 is 0 Å². The average Bonchev–Trinajstić information content (AvgIpc) is 2.71. The zero-order valence-corrected chi connectivity index (χ0v) is 17.3. The molecule has 0 spiro atoms. The van der Waals surface area contributed by atoms with E-state index in [0.717, 1.165) is 55.3 Å². The monoisotopic (exact) mass is 416 g/mol. The molecule has 2 aliphatic rings. The number of fused-ring (bicyclic) bond motifs is 1. The van der Waals surface area contributed by atoms with E-state index in [9.17, 15) is 13.6 Å². The van der Waals surface area contributed by atoms with Crippen molar-refractivity contribution in [3.8, 4) is 5.75 Å². The molecule has 1 aromatic carbocycles. The summed E-state index contributed by atoms with van der Waals surface area (Å²) in [6.07, 6.45) is 4.53. The SMILES string of the molecule is CCN1CC(=O)N(CC)c2cnc(CC3CC(COc4ccc(F)c(F)c4)C3)nc21. The van der Waals surface area contributed by atoms with E-state index < -0.39 is 11.6 Å². The Bertz CT molecular complexity index is 933. The third kappa shape index (κ3) is 4.08. The smallest absolute Gasteiger partial charge is 0.246 e. The van der Waals surface area contributed by atoms with Gasteiger partial charge in [0.2, 0.25) is 5.91 Å². The van der Waals surface area contributed by atoms with Gasteiger partial charge in [-0.2, -0.15) is 0 Å². The number of halogens is 2. The van der Waals surface area contributed by atoms with Crippen molar-refractivity contribution in [2.75, 3.05) is 36.0 Å². The van der Waals surface area contributed by atoms with Gasteiger partial charge in [0, 0.05) is 25.6 Å². The number of hydrogen-bond acceptors (Lipinski definition) is 5. The fourth-order valence-electron chi connectivity index (χ4n) is 4.20. The fourth-order valence-corrected chi connectivity index (χ4v) is 4.20. The lowest BCUT2D eigenvalue weighted by Crippen LogP contribution is -2.46. The largest absolute Gasteiger partial charge is 0.493 e. The summed E-state index contributed by atoms with van der Waals surface area (Å²) < 4.78 is 31.8. The molecule has 4 rings (SSSR count). The third-order valence-electron chi connectivity index (χ3n) is 5.90. The number of anilines is 2. The molecule has 0 bridgehead atoms. The maximum absolute atomic E-state index is 13.3. The van der Waals surface area contributed by atoms with Crippen LogP contribution < -0.4 is 14.5 Å². The molecule has 1 amide bonds. The molecule has 1 aromatic heterocycles. The first-order valence-corrected chi connectivity index (χ1v) is 10.5. The summed E-state index contributed by atoms with van der Waals surface area (Å²) in [6, 6.07) is 3.60. The molecular formula is C22H26F2N4O2. The molecule has 0 radical (unpaired) electrons. The highest BCUT2D eigenvalue weighted by atomic mass is 19.2. The maximum Gasteiger partial charge on any atom is 0.246 e. The van der Waals surface area contributed by atoms with E-state index in [2.05, 4.69) is 4.98 Å². The normalized spacial score (nSPS) is 20.7. The summed E-state index contributed by atoms with van der Waals surface area (Å²) in [6.45, 7) is 6.14. The lowest BCUT2D eigenvalue weighted by Gasteiger charge is -2.36. The van der Waals surface area contributed by atoms with E-state index in [1.165, 1.54) is 6.07 Å². The molecule has 8 heteroatoms. The molecule has 1 aliphatic carbocycles. The maximum atomic E-state index is 13.3. The van der Waals surface area contributed by atoms with E-state index in [1.807, 2.05) is 18.7 Å². The van der Waals surface area contributed by atoms with Gasteiger partial charge in [0.15, 0.2) is 17.5 Å². The van der Waals surface area contributed by atoms with Gasteiger partial charge in [-0.1, -0.05) is 0 Å². The van der Waals surface area contributed by atoms with Crippen molar-refractivity contribution in [1.82, 2.24) is 9.97 Å². The molecule has 0 atom stereocenters. The fraction of sp³-hybridized carbons (Fsp3) is 0.500. The van der Waals surface area contributed by atoms with Crippen LogP contribution in [0.25, 0.3) is 0 Å². The molecular weight excluding hydrogens is 390 g/mol. The minimum Gasteiger partial charge on any atom is -0.493 e. The number of nitrogens with zero attached hydrogens (tertiary/aromatic N) is 4. The highest BCUT2D eigenvalue weighted by Gasteiger charge is 2.32. The molecule has 6 nitrogen and oxygen atoms in total. The zero-order chi connectivity index (χ0) is 21.3. The van der Waals surface area contributed by atoms with Gasteiger partial charge < -0.3 is 14.5 Å². The highest BCUT2D eigenvalue weighted by molar-refractivity contribution is 6.02. The van der Waals surface area contributed by atoms with Gasteiger partial charge in [-0.05, 0) is 50.7 Å². The van der Waals surface area contributed by atoms with Crippen molar-refractivity contribution in [3.05, 3.63) is 41.9 Å². The Kier molecular flexibility index (Phi) is 5.83. The number of carbonyl (C=O) groups excluding carboxylic acids is 1. The zero-order valence-electron chi connectivity index (χ0n) is 17.3. The summed E-state index contributed by atoms with van der Waals surface area (Å²) in [5.74, 6) is 1.16. The van der Waals surface area contributed by atoms with E-state index in [1.54, 1.807) is 11.1 Å². The van der Waals surface area contributed by atoms with E-state index in [4.69, 9.17) is 9.72 Å². The van der Waals surface area contributed by atoms with Crippen LogP contribution in [0.5, 0.6) is 5.75 Å². The first kappa shape index (κ1) is 20.5. The topological polar surface area (TPSA) is 58.6 Å². The summed E-state index contributed by atoms with van der Waals surface area (Å²) in [4.78, 5) is 25.3. The number of aromatic nitrogens is 2. The summed E-state index contributed by atoms with van der Waals surface area (Å²) in [5.41, 5.74) is 0.783. The molecule has 160 valence electrons. The Morgan fingerprint density at radius 2 is 1.93 bits per heavy atom. The number of amides is 1. The minimum absolute atomic E-state index is 0.0751. The lowest BCUT2D eigenvalue weighted by atomic mass is 9.73. The lowest BCUT2D eigenvalue weighted by molar-refractivity contribution is -0.117. The van der Waals surface area contributed by atoms with Crippen molar-refractivity contribution in [1.29, 1.82) is 0 Å². The molecule has 1 fully saturated rings. The minimum atomic E-state index is -0.895. The Morgan fingerprint density at radius 3 is 2.63 bits per heavy atom. The first-order chi connectivity index (χ1) is 14.5. The molecule has 0 saturated heterocycles. The molecule has 1 saturated carbocycles. The number of ether oxygens (including phenoxy) is 1. The number of carbonyl (C=O) groups is 1. The van der Waals surface area contributed by atoms with Crippen molar-refractivity contribution in [2.45, 2.75) is 33.1 Å². The average molecular weight is 416 g/mol. The van der Waals surface area contributed by atoms with Gasteiger partial charge in [-0.15, -0.1) is 0 Å². The van der Waals surface area contributed by atoms with Crippen LogP contribution in [0.2, 0.25) is 0 Å². The standard InChI is InChI=1S/C22H26F2N4O2/c1-3-27-12-21(29)28(4-2)19-11-25-20(26-22(19)27)9-14-7-15(8-14)13-30-16-5-6-17(23)18(24)10-16/h5-6,10-11,14-15H,3-4,7-9,12-13H2,1-2H3. The molecule has 30 heavy (non-hydrogen) atoms. The summed E-state index contributed by atoms with van der Waals surface area (Å²) >= 11 is 0. The van der Waals surface area contributed by atoms with Crippen LogP contribution in [-0.2, 0) is 11.2 Å². The Morgan fingerprint density at radius 1 is 1.13 bits per heavy atom. The quantitative estimate of drug-likeness (QED) is 0.690. The molecule has 2 heterocycles. The van der Waals surface area contributed by atoms with Crippen LogP contribution in [0.15, 0.2) is 24.4 Å².